The van der Waals surface area contributed by atoms with Crippen LogP contribution in [0.3, 0.4) is 0 Å². The topological polar surface area (TPSA) is 34.1 Å². The minimum absolute atomic E-state index is 0.520. The van der Waals surface area contributed by atoms with Crippen LogP contribution in [-0.4, -0.2) is 11.5 Å². The third-order valence-electron chi connectivity index (χ3n) is 3.19. The third kappa shape index (κ3) is 4.36. The van der Waals surface area contributed by atoms with Crippen LogP contribution in [0.2, 0.25) is 5.02 Å². The van der Waals surface area contributed by atoms with Gasteiger partial charge in [0.25, 0.3) is 0 Å². The Morgan fingerprint density at radius 1 is 1.19 bits per heavy atom. The van der Waals surface area contributed by atoms with Crippen molar-refractivity contribution in [2.45, 2.75) is 33.8 Å². The fourth-order valence-corrected chi connectivity index (χ4v) is 2.52. The van der Waals surface area contributed by atoms with Crippen molar-refractivity contribution in [3.8, 4) is 5.75 Å². The molecule has 1 N–H and O–H groups in total. The number of benzene rings is 1. The first-order valence-corrected chi connectivity index (χ1v) is 7.56. The van der Waals surface area contributed by atoms with Gasteiger partial charge in [0.2, 0.25) is 0 Å². The molecule has 1 heterocycles. The van der Waals surface area contributed by atoms with Crippen LogP contribution in [0.1, 0.15) is 30.0 Å². The second-order valence-corrected chi connectivity index (χ2v) is 5.57. The van der Waals surface area contributed by atoms with Gasteiger partial charge in [-0.05, 0) is 61.2 Å². The largest absolute Gasteiger partial charge is 0.488 e. The number of ether oxygens (including phenoxy) is 1. The predicted octanol–water partition coefficient (Wildman–Crippen LogP) is 4.75. The van der Waals surface area contributed by atoms with Gasteiger partial charge in [-0.2, -0.15) is 0 Å². The van der Waals surface area contributed by atoms with Crippen molar-refractivity contribution in [1.29, 1.82) is 0 Å². The molecule has 0 fully saturated rings. The number of halogens is 1. The Hall–Kier alpha value is -1.74. The van der Waals surface area contributed by atoms with Crippen molar-refractivity contribution in [3.63, 3.8) is 0 Å². The normalized spacial score (nSPS) is 10.5. The SMILES string of the molecule is CCCNc1cc(COc2c(C)cc(Cl)cc2C)ccn1. The lowest BCUT2D eigenvalue weighted by atomic mass is 10.1. The summed E-state index contributed by atoms with van der Waals surface area (Å²) >= 11 is 6.04. The molecule has 2 aromatic rings. The Morgan fingerprint density at radius 3 is 2.57 bits per heavy atom. The van der Waals surface area contributed by atoms with Crippen molar-refractivity contribution >= 4 is 17.4 Å². The van der Waals surface area contributed by atoms with Crippen molar-refractivity contribution in [2.75, 3.05) is 11.9 Å². The van der Waals surface area contributed by atoms with E-state index in [1.807, 2.05) is 38.1 Å². The number of pyridine rings is 1. The second-order valence-electron chi connectivity index (χ2n) is 5.13. The molecule has 0 radical (unpaired) electrons. The Bertz CT molecular complexity index is 590. The molecule has 0 aliphatic rings. The van der Waals surface area contributed by atoms with E-state index in [9.17, 15) is 0 Å². The van der Waals surface area contributed by atoms with Gasteiger partial charge in [-0.25, -0.2) is 4.98 Å². The Morgan fingerprint density at radius 2 is 1.90 bits per heavy atom. The van der Waals surface area contributed by atoms with Gasteiger partial charge in [-0.15, -0.1) is 0 Å². The number of rotatable bonds is 6. The van der Waals surface area contributed by atoms with Gasteiger partial charge >= 0.3 is 0 Å². The fourth-order valence-electron chi connectivity index (χ4n) is 2.19. The van der Waals surface area contributed by atoms with E-state index >= 15 is 0 Å². The van der Waals surface area contributed by atoms with Gasteiger partial charge < -0.3 is 10.1 Å². The maximum Gasteiger partial charge on any atom is 0.126 e. The van der Waals surface area contributed by atoms with Crippen molar-refractivity contribution in [3.05, 3.63) is 52.2 Å². The summed E-state index contributed by atoms with van der Waals surface area (Å²) in [6.45, 7) is 7.59. The molecule has 0 spiro atoms. The summed E-state index contributed by atoms with van der Waals surface area (Å²) in [6.07, 6.45) is 2.88. The number of hydrogen-bond acceptors (Lipinski definition) is 3. The van der Waals surface area contributed by atoms with E-state index in [1.54, 1.807) is 6.20 Å². The number of nitrogens with one attached hydrogen (secondary N) is 1. The van der Waals surface area contributed by atoms with Gasteiger partial charge in [0.1, 0.15) is 18.2 Å². The summed E-state index contributed by atoms with van der Waals surface area (Å²) in [5.74, 6) is 1.79. The average molecular weight is 305 g/mol. The first kappa shape index (κ1) is 15.6. The summed E-state index contributed by atoms with van der Waals surface area (Å²) in [5.41, 5.74) is 3.20. The summed E-state index contributed by atoms with van der Waals surface area (Å²) in [4.78, 5) is 4.29. The van der Waals surface area contributed by atoms with Crippen LogP contribution in [0, 0.1) is 13.8 Å². The maximum absolute atomic E-state index is 6.04. The highest BCUT2D eigenvalue weighted by Gasteiger charge is 2.06. The molecule has 21 heavy (non-hydrogen) atoms. The summed E-state index contributed by atoms with van der Waals surface area (Å²) in [5, 5.41) is 4.02. The zero-order chi connectivity index (χ0) is 15.2. The molecule has 2 rings (SSSR count). The highest BCUT2D eigenvalue weighted by Crippen LogP contribution is 2.27. The smallest absolute Gasteiger partial charge is 0.126 e. The molecule has 0 bridgehead atoms. The number of aromatic nitrogens is 1. The van der Waals surface area contributed by atoms with Crippen LogP contribution in [0.5, 0.6) is 5.75 Å². The van der Waals surface area contributed by atoms with E-state index in [-0.39, 0.29) is 0 Å². The lowest BCUT2D eigenvalue weighted by Crippen LogP contribution is -2.04. The van der Waals surface area contributed by atoms with E-state index in [0.29, 0.717) is 6.61 Å². The quantitative estimate of drug-likeness (QED) is 0.836. The standard InChI is InChI=1S/C17H21ClN2O/c1-4-6-19-16-10-14(5-7-20-16)11-21-17-12(2)8-15(18)9-13(17)3/h5,7-10H,4,6,11H2,1-3H3,(H,19,20). The molecule has 112 valence electrons. The van der Waals surface area contributed by atoms with Gasteiger partial charge in [-0.1, -0.05) is 18.5 Å². The van der Waals surface area contributed by atoms with E-state index in [0.717, 1.165) is 46.2 Å². The zero-order valence-electron chi connectivity index (χ0n) is 12.7. The maximum atomic E-state index is 6.04. The van der Waals surface area contributed by atoms with E-state index in [4.69, 9.17) is 16.3 Å². The van der Waals surface area contributed by atoms with Crippen LogP contribution < -0.4 is 10.1 Å². The second kappa shape index (κ2) is 7.32. The molecular weight excluding hydrogens is 284 g/mol. The number of aryl methyl sites for hydroxylation is 2. The molecule has 0 aliphatic carbocycles. The Kier molecular flexibility index (Phi) is 5.45. The van der Waals surface area contributed by atoms with Crippen LogP contribution in [0.15, 0.2) is 30.5 Å². The summed E-state index contributed by atoms with van der Waals surface area (Å²) in [7, 11) is 0. The van der Waals surface area contributed by atoms with E-state index < -0.39 is 0 Å². The molecule has 1 aromatic heterocycles. The van der Waals surface area contributed by atoms with E-state index in [1.165, 1.54) is 0 Å². The summed E-state index contributed by atoms with van der Waals surface area (Å²) in [6, 6.07) is 7.84. The highest BCUT2D eigenvalue weighted by atomic mass is 35.5. The Labute approximate surface area is 131 Å². The van der Waals surface area contributed by atoms with E-state index in [2.05, 4.69) is 17.2 Å². The third-order valence-corrected chi connectivity index (χ3v) is 3.41. The lowest BCUT2D eigenvalue weighted by molar-refractivity contribution is 0.302. The first-order valence-electron chi connectivity index (χ1n) is 7.18. The molecule has 0 amide bonds. The minimum Gasteiger partial charge on any atom is -0.488 e. The molecule has 0 saturated heterocycles. The molecule has 0 atom stereocenters. The number of anilines is 1. The monoisotopic (exact) mass is 304 g/mol. The van der Waals surface area contributed by atoms with Crippen molar-refractivity contribution in [1.82, 2.24) is 4.98 Å². The molecular formula is C17H21ClN2O. The first-order chi connectivity index (χ1) is 10.1. The fraction of sp³-hybridized carbons (Fsp3) is 0.353. The van der Waals surface area contributed by atoms with Crippen molar-refractivity contribution in [2.24, 2.45) is 0 Å². The number of hydrogen-bond donors (Lipinski definition) is 1. The Balaban J connectivity index is 2.06. The molecule has 0 saturated carbocycles. The van der Waals surface area contributed by atoms with Crippen molar-refractivity contribution < 1.29 is 4.74 Å². The van der Waals surface area contributed by atoms with Crippen LogP contribution in [0.25, 0.3) is 0 Å². The van der Waals surface area contributed by atoms with Gasteiger partial charge in [-0.3, -0.25) is 0 Å². The van der Waals surface area contributed by atoms with Crippen LogP contribution in [0.4, 0.5) is 5.82 Å². The zero-order valence-corrected chi connectivity index (χ0v) is 13.5. The lowest BCUT2D eigenvalue weighted by Gasteiger charge is -2.13. The minimum atomic E-state index is 0.520. The molecule has 0 aliphatic heterocycles. The van der Waals surface area contributed by atoms with Gasteiger partial charge in [0.15, 0.2) is 0 Å². The summed E-state index contributed by atoms with van der Waals surface area (Å²) < 4.78 is 5.95. The molecule has 0 unspecified atom stereocenters. The van der Waals surface area contributed by atoms with Gasteiger partial charge in [0, 0.05) is 17.8 Å². The molecule has 1 aromatic carbocycles. The predicted molar refractivity (Wildman–Crippen MR) is 88.3 cm³/mol. The highest BCUT2D eigenvalue weighted by molar-refractivity contribution is 6.30. The van der Waals surface area contributed by atoms with Gasteiger partial charge in [0.05, 0.1) is 0 Å². The molecule has 3 nitrogen and oxygen atoms in total. The molecule has 4 heteroatoms. The number of nitrogens with zero attached hydrogens (tertiary/aromatic N) is 1. The average Bonchev–Trinajstić information content (AvgIpc) is 2.44. The van der Waals surface area contributed by atoms with Crippen LogP contribution >= 0.6 is 11.6 Å². The van der Waals surface area contributed by atoms with Crippen LogP contribution in [-0.2, 0) is 6.61 Å².